The minimum Gasteiger partial charge on any atom is -0.392 e. The Hall–Kier alpha value is -0.500. The number of rotatable bonds is 5. The molecule has 0 aliphatic rings. The molecule has 3 N–H and O–H groups in total. The van der Waals surface area contributed by atoms with Crippen molar-refractivity contribution in [1.29, 1.82) is 0 Å². The Kier molecular flexibility index (Phi) is 4.65. The van der Waals surface area contributed by atoms with Gasteiger partial charge in [0.1, 0.15) is 5.25 Å². The largest absolute Gasteiger partial charge is 0.392 e. The van der Waals surface area contributed by atoms with Crippen molar-refractivity contribution in [3.05, 3.63) is 21.4 Å². The second-order valence-electron chi connectivity index (χ2n) is 3.86. The molecule has 7 heteroatoms. The Labute approximate surface area is 111 Å². The first-order valence-electron chi connectivity index (χ1n) is 5.07. The molecule has 1 aromatic rings. The maximum absolute atomic E-state index is 11.8. The summed E-state index contributed by atoms with van der Waals surface area (Å²) < 4.78 is 26.0. The third-order valence-corrected chi connectivity index (χ3v) is 5.92. The van der Waals surface area contributed by atoms with Gasteiger partial charge in [0.25, 0.3) is 0 Å². The van der Waals surface area contributed by atoms with E-state index in [0.717, 1.165) is 4.88 Å². The molecule has 1 heterocycles. The molecular formula is C10H16N2O2S3. The number of thiophene rings is 1. The predicted molar refractivity (Wildman–Crippen MR) is 75.8 cm³/mol. The lowest BCUT2D eigenvalue weighted by Gasteiger charge is -2.11. The molecule has 0 saturated heterocycles. The smallest absolute Gasteiger partial charge is 0.221 e. The first-order chi connectivity index (χ1) is 7.74. The van der Waals surface area contributed by atoms with Crippen LogP contribution in [0.25, 0.3) is 0 Å². The number of aryl methyl sites for hydroxylation is 2. The van der Waals surface area contributed by atoms with Crippen LogP contribution in [0.2, 0.25) is 0 Å². The molecule has 0 spiro atoms. The van der Waals surface area contributed by atoms with E-state index in [1.165, 1.54) is 17.4 Å². The zero-order valence-electron chi connectivity index (χ0n) is 9.98. The second-order valence-corrected chi connectivity index (χ2v) is 7.76. The van der Waals surface area contributed by atoms with Gasteiger partial charge in [0.2, 0.25) is 10.0 Å². The minimum atomic E-state index is -3.47. The highest BCUT2D eigenvalue weighted by Gasteiger charge is 2.22. The topological polar surface area (TPSA) is 72.2 Å². The van der Waals surface area contributed by atoms with Crippen molar-refractivity contribution in [2.24, 2.45) is 5.73 Å². The van der Waals surface area contributed by atoms with Crippen molar-refractivity contribution in [2.75, 3.05) is 0 Å². The molecule has 0 radical (unpaired) electrons. The lowest BCUT2D eigenvalue weighted by Crippen LogP contribution is -2.39. The number of nitrogens with one attached hydrogen (secondary N) is 1. The fourth-order valence-electron chi connectivity index (χ4n) is 1.19. The van der Waals surface area contributed by atoms with Crippen LogP contribution in [-0.4, -0.2) is 18.7 Å². The zero-order chi connectivity index (χ0) is 13.2. The number of thiocarbonyl (C=S) groups is 1. The Morgan fingerprint density at radius 1 is 1.59 bits per heavy atom. The van der Waals surface area contributed by atoms with Crippen LogP contribution >= 0.6 is 23.6 Å². The van der Waals surface area contributed by atoms with Gasteiger partial charge in [-0.05, 0) is 32.4 Å². The molecule has 0 aliphatic carbocycles. The van der Waals surface area contributed by atoms with Crippen molar-refractivity contribution in [1.82, 2.24) is 4.72 Å². The minimum absolute atomic E-state index is 0.0176. The van der Waals surface area contributed by atoms with Gasteiger partial charge < -0.3 is 5.73 Å². The van der Waals surface area contributed by atoms with E-state index in [0.29, 0.717) is 0 Å². The van der Waals surface area contributed by atoms with Crippen LogP contribution in [0.15, 0.2) is 6.07 Å². The van der Waals surface area contributed by atoms with Crippen molar-refractivity contribution >= 4 is 38.6 Å². The highest BCUT2D eigenvalue weighted by molar-refractivity contribution is 7.93. The monoisotopic (exact) mass is 292 g/mol. The molecule has 96 valence electrons. The average Bonchev–Trinajstić information content (AvgIpc) is 2.54. The van der Waals surface area contributed by atoms with Crippen molar-refractivity contribution in [3.63, 3.8) is 0 Å². The molecule has 1 aromatic heterocycles. The molecule has 0 fully saturated rings. The van der Waals surface area contributed by atoms with Gasteiger partial charge in [-0.15, -0.1) is 11.3 Å². The summed E-state index contributed by atoms with van der Waals surface area (Å²) in [4.78, 5) is 2.16. The summed E-state index contributed by atoms with van der Waals surface area (Å²) in [6.45, 7) is 5.78. The molecule has 0 saturated carbocycles. The van der Waals surface area contributed by atoms with Gasteiger partial charge in [-0.2, -0.15) is 0 Å². The molecule has 1 unspecified atom stereocenters. The van der Waals surface area contributed by atoms with E-state index in [1.54, 1.807) is 11.3 Å². The summed E-state index contributed by atoms with van der Waals surface area (Å²) in [6, 6.07) is 1.98. The molecule has 1 rings (SSSR count). The van der Waals surface area contributed by atoms with E-state index in [4.69, 9.17) is 5.73 Å². The van der Waals surface area contributed by atoms with Gasteiger partial charge in [0, 0.05) is 16.3 Å². The van der Waals surface area contributed by atoms with Gasteiger partial charge in [-0.3, -0.25) is 0 Å². The van der Waals surface area contributed by atoms with E-state index in [1.807, 2.05) is 19.9 Å². The Balaban J connectivity index is 2.71. The summed E-state index contributed by atoms with van der Waals surface area (Å²) >= 11 is 6.27. The number of nitrogens with two attached hydrogens (primary N) is 1. The molecular weight excluding hydrogens is 276 g/mol. The third kappa shape index (κ3) is 3.74. The highest BCUT2D eigenvalue weighted by atomic mass is 32.2. The zero-order valence-corrected chi connectivity index (χ0v) is 12.4. The quantitative estimate of drug-likeness (QED) is 0.806. The van der Waals surface area contributed by atoms with E-state index in [9.17, 15) is 8.42 Å². The summed E-state index contributed by atoms with van der Waals surface area (Å²) in [5, 5.41) is -0.848. The van der Waals surface area contributed by atoms with Crippen molar-refractivity contribution in [3.8, 4) is 0 Å². The first kappa shape index (κ1) is 14.6. The number of hydrogen-bond acceptors (Lipinski definition) is 4. The van der Waals surface area contributed by atoms with Crippen LogP contribution < -0.4 is 10.5 Å². The predicted octanol–water partition coefficient (Wildman–Crippen LogP) is 1.46. The summed E-state index contributed by atoms with van der Waals surface area (Å²) in [7, 11) is -3.47. The van der Waals surface area contributed by atoms with Crippen LogP contribution in [0.3, 0.4) is 0 Å². The van der Waals surface area contributed by atoms with Crippen LogP contribution in [-0.2, 0) is 16.6 Å². The summed E-state index contributed by atoms with van der Waals surface area (Å²) in [6.07, 6.45) is 0. The molecule has 0 bridgehead atoms. The molecule has 0 aliphatic heterocycles. The highest BCUT2D eigenvalue weighted by Crippen LogP contribution is 2.20. The molecule has 1 atom stereocenters. The molecule has 4 nitrogen and oxygen atoms in total. The standard InChI is InChI=1S/C10H16N2O2S3/c1-6-4-9(16-7(6)2)5-12-17(13,14)8(3)10(11)15/h4,8,12H,5H2,1-3H3,(H2,11,15). The van der Waals surface area contributed by atoms with Crippen LogP contribution in [0.5, 0.6) is 0 Å². The summed E-state index contributed by atoms with van der Waals surface area (Å²) in [5.74, 6) is 0. The van der Waals surface area contributed by atoms with Gasteiger partial charge in [-0.1, -0.05) is 12.2 Å². The van der Waals surface area contributed by atoms with E-state index < -0.39 is 15.3 Å². The van der Waals surface area contributed by atoms with Crippen molar-refractivity contribution in [2.45, 2.75) is 32.6 Å². The number of sulfonamides is 1. The lowest BCUT2D eigenvalue weighted by molar-refractivity contribution is 0.578. The first-order valence-corrected chi connectivity index (χ1v) is 7.85. The van der Waals surface area contributed by atoms with E-state index in [-0.39, 0.29) is 11.5 Å². The van der Waals surface area contributed by atoms with Gasteiger partial charge in [0.15, 0.2) is 0 Å². The van der Waals surface area contributed by atoms with Gasteiger partial charge in [-0.25, -0.2) is 13.1 Å². The van der Waals surface area contributed by atoms with Crippen LogP contribution in [0, 0.1) is 13.8 Å². The summed E-state index contributed by atoms with van der Waals surface area (Å²) in [5.41, 5.74) is 6.51. The van der Waals surface area contributed by atoms with Crippen LogP contribution in [0.4, 0.5) is 0 Å². The molecule has 0 amide bonds. The number of hydrogen-bond donors (Lipinski definition) is 2. The maximum atomic E-state index is 11.8. The van der Waals surface area contributed by atoms with Gasteiger partial charge in [0.05, 0.1) is 4.99 Å². The maximum Gasteiger partial charge on any atom is 0.221 e. The Bertz CT molecular complexity index is 500. The van der Waals surface area contributed by atoms with Crippen molar-refractivity contribution < 1.29 is 8.42 Å². The third-order valence-electron chi connectivity index (χ3n) is 2.53. The normalized spacial score (nSPS) is 13.6. The Morgan fingerprint density at radius 2 is 2.18 bits per heavy atom. The molecule has 17 heavy (non-hydrogen) atoms. The van der Waals surface area contributed by atoms with Crippen LogP contribution in [0.1, 0.15) is 22.2 Å². The van der Waals surface area contributed by atoms with Gasteiger partial charge >= 0.3 is 0 Å². The second kappa shape index (κ2) is 5.43. The van der Waals surface area contributed by atoms with E-state index in [2.05, 4.69) is 16.9 Å². The fourth-order valence-corrected chi connectivity index (χ4v) is 3.56. The lowest BCUT2D eigenvalue weighted by atomic mass is 10.3. The van der Waals surface area contributed by atoms with E-state index >= 15 is 0 Å². The SMILES string of the molecule is Cc1cc(CNS(=O)(=O)C(C)C(N)=S)sc1C. The fraction of sp³-hybridized carbons (Fsp3) is 0.500. The average molecular weight is 292 g/mol. The Morgan fingerprint density at radius 3 is 2.59 bits per heavy atom. The molecule has 0 aromatic carbocycles.